The largest absolute Gasteiger partial charge is 0.488 e. The lowest BCUT2D eigenvalue weighted by molar-refractivity contribution is 0.143. The van der Waals surface area contributed by atoms with Crippen molar-refractivity contribution in [3.05, 3.63) is 29.3 Å². The second-order valence-electron chi connectivity index (χ2n) is 3.07. The van der Waals surface area contributed by atoms with E-state index < -0.39 is 11.6 Å². The van der Waals surface area contributed by atoms with Crippen molar-refractivity contribution in [2.45, 2.75) is 13.3 Å². The molecule has 0 saturated carbocycles. The Balaban J connectivity index is 2.78. The van der Waals surface area contributed by atoms with Gasteiger partial charge in [-0.15, -0.1) is 0 Å². The molecule has 0 atom stereocenters. The highest BCUT2D eigenvalue weighted by atomic mass is 19.1. The minimum atomic E-state index is -0.680. The lowest BCUT2D eigenvalue weighted by atomic mass is 10.1. The van der Waals surface area contributed by atoms with E-state index in [0.717, 1.165) is 6.07 Å². The van der Waals surface area contributed by atoms with E-state index in [1.54, 1.807) is 6.92 Å². The summed E-state index contributed by atoms with van der Waals surface area (Å²) in [4.78, 5) is 0. The molecule has 0 heterocycles. The van der Waals surface area contributed by atoms with Crippen molar-refractivity contribution < 1.29 is 18.3 Å². The molecule has 84 valence electrons. The highest BCUT2D eigenvalue weighted by Gasteiger charge is 2.09. The van der Waals surface area contributed by atoms with Crippen LogP contribution in [0, 0.1) is 11.6 Å². The first-order valence-corrected chi connectivity index (χ1v) is 4.78. The van der Waals surface area contributed by atoms with E-state index in [1.165, 1.54) is 13.2 Å². The molecular weight excluding hydrogens is 202 g/mol. The second kappa shape index (κ2) is 5.66. The van der Waals surface area contributed by atoms with Gasteiger partial charge in [-0.1, -0.05) is 6.92 Å². The van der Waals surface area contributed by atoms with Gasteiger partial charge in [0.2, 0.25) is 0 Å². The van der Waals surface area contributed by atoms with Gasteiger partial charge in [-0.05, 0) is 18.1 Å². The summed E-state index contributed by atoms with van der Waals surface area (Å²) in [6.07, 6.45) is 0.507. The zero-order valence-electron chi connectivity index (χ0n) is 8.85. The molecule has 0 amide bonds. The van der Waals surface area contributed by atoms with Gasteiger partial charge in [0, 0.05) is 13.2 Å². The molecule has 0 bridgehead atoms. The van der Waals surface area contributed by atoms with Crippen LogP contribution in [0.3, 0.4) is 0 Å². The van der Waals surface area contributed by atoms with E-state index in [0.29, 0.717) is 18.6 Å². The zero-order chi connectivity index (χ0) is 11.3. The van der Waals surface area contributed by atoms with Crippen LogP contribution < -0.4 is 4.74 Å². The number of ether oxygens (including phenoxy) is 2. The molecule has 1 aromatic rings. The molecule has 0 aromatic heterocycles. The van der Waals surface area contributed by atoms with E-state index in [-0.39, 0.29) is 12.4 Å². The fourth-order valence-corrected chi connectivity index (χ4v) is 1.19. The third-order valence-electron chi connectivity index (χ3n) is 2.03. The summed E-state index contributed by atoms with van der Waals surface area (Å²) in [6, 6.07) is 2.24. The molecule has 0 unspecified atom stereocenters. The van der Waals surface area contributed by atoms with E-state index in [1.807, 2.05) is 0 Å². The fourth-order valence-electron chi connectivity index (χ4n) is 1.19. The summed E-state index contributed by atoms with van der Waals surface area (Å²) < 4.78 is 36.2. The van der Waals surface area contributed by atoms with E-state index in [2.05, 4.69) is 0 Å². The molecule has 0 aliphatic heterocycles. The van der Waals surface area contributed by atoms with Crippen molar-refractivity contribution in [1.29, 1.82) is 0 Å². The van der Waals surface area contributed by atoms with Crippen molar-refractivity contribution in [1.82, 2.24) is 0 Å². The van der Waals surface area contributed by atoms with Gasteiger partial charge in [-0.2, -0.15) is 0 Å². The Labute approximate surface area is 87.8 Å². The van der Waals surface area contributed by atoms with Crippen LogP contribution in [0.1, 0.15) is 12.5 Å². The number of hydrogen-bond donors (Lipinski definition) is 0. The summed E-state index contributed by atoms with van der Waals surface area (Å²) in [5.41, 5.74) is 0.448. The third-order valence-corrected chi connectivity index (χ3v) is 2.03. The Kier molecular flexibility index (Phi) is 4.49. The van der Waals surface area contributed by atoms with Crippen molar-refractivity contribution in [2.75, 3.05) is 20.3 Å². The Bertz CT molecular complexity index is 327. The van der Waals surface area contributed by atoms with Gasteiger partial charge in [-0.25, -0.2) is 8.78 Å². The normalized spacial score (nSPS) is 10.4. The van der Waals surface area contributed by atoms with Gasteiger partial charge in [0.1, 0.15) is 12.4 Å². The van der Waals surface area contributed by atoms with Crippen molar-refractivity contribution in [3.63, 3.8) is 0 Å². The van der Waals surface area contributed by atoms with Crippen LogP contribution in [-0.4, -0.2) is 20.3 Å². The number of hydrogen-bond acceptors (Lipinski definition) is 2. The molecule has 0 spiro atoms. The van der Waals surface area contributed by atoms with Gasteiger partial charge in [0.25, 0.3) is 0 Å². The van der Waals surface area contributed by atoms with E-state index in [4.69, 9.17) is 9.47 Å². The van der Waals surface area contributed by atoms with Crippen LogP contribution in [0.15, 0.2) is 12.1 Å². The van der Waals surface area contributed by atoms with Crippen LogP contribution in [-0.2, 0) is 11.2 Å². The van der Waals surface area contributed by atoms with Gasteiger partial charge in [-0.3, -0.25) is 0 Å². The van der Waals surface area contributed by atoms with Crippen molar-refractivity contribution in [2.24, 2.45) is 0 Å². The summed E-state index contributed by atoms with van der Waals surface area (Å²) in [7, 11) is 1.53. The maximum absolute atomic E-state index is 13.2. The molecule has 0 fully saturated rings. The molecule has 0 radical (unpaired) electrons. The monoisotopic (exact) mass is 216 g/mol. The molecular formula is C11H14F2O2. The second-order valence-corrected chi connectivity index (χ2v) is 3.07. The molecule has 1 aromatic carbocycles. The number of methoxy groups -OCH3 is 1. The lowest BCUT2D eigenvalue weighted by Crippen LogP contribution is -2.06. The lowest BCUT2D eigenvalue weighted by Gasteiger charge is -2.08. The molecule has 0 aliphatic rings. The number of aryl methyl sites for hydroxylation is 1. The quantitative estimate of drug-likeness (QED) is 0.704. The first-order valence-electron chi connectivity index (χ1n) is 4.78. The minimum absolute atomic E-state index is 0.0744. The molecule has 0 aliphatic carbocycles. The van der Waals surface area contributed by atoms with Gasteiger partial charge in [0.15, 0.2) is 11.6 Å². The molecule has 4 heteroatoms. The minimum Gasteiger partial charge on any atom is -0.488 e. The van der Waals surface area contributed by atoms with Gasteiger partial charge in [0.05, 0.1) is 6.61 Å². The molecule has 1 rings (SSSR count). The van der Waals surface area contributed by atoms with Gasteiger partial charge < -0.3 is 9.47 Å². The maximum atomic E-state index is 13.2. The van der Waals surface area contributed by atoms with E-state index in [9.17, 15) is 8.78 Å². The Morgan fingerprint density at radius 2 is 1.87 bits per heavy atom. The first-order chi connectivity index (χ1) is 7.19. The predicted octanol–water partition coefficient (Wildman–Crippen LogP) is 2.55. The standard InChI is InChI=1S/C11H14F2O2/c1-3-8-6-11(15-5-4-14-2)10(13)7-9(8)12/h6-7H,3-5H2,1-2H3. The predicted molar refractivity (Wildman–Crippen MR) is 53.1 cm³/mol. The maximum Gasteiger partial charge on any atom is 0.167 e. The molecule has 0 N–H and O–H groups in total. The van der Waals surface area contributed by atoms with Crippen LogP contribution in [0.25, 0.3) is 0 Å². The average Bonchev–Trinajstić information content (AvgIpc) is 2.21. The summed E-state index contributed by atoms with van der Waals surface area (Å²) in [5, 5.41) is 0. The fraction of sp³-hybridized carbons (Fsp3) is 0.455. The van der Waals surface area contributed by atoms with Crippen molar-refractivity contribution in [3.8, 4) is 5.75 Å². The van der Waals surface area contributed by atoms with Gasteiger partial charge >= 0.3 is 0 Å². The van der Waals surface area contributed by atoms with Crippen LogP contribution in [0.5, 0.6) is 5.75 Å². The summed E-state index contributed by atoms with van der Waals surface area (Å²) >= 11 is 0. The highest BCUT2D eigenvalue weighted by molar-refractivity contribution is 5.31. The Hall–Kier alpha value is -1.16. The average molecular weight is 216 g/mol. The van der Waals surface area contributed by atoms with Crippen LogP contribution in [0.4, 0.5) is 8.78 Å². The third kappa shape index (κ3) is 3.16. The van der Waals surface area contributed by atoms with E-state index >= 15 is 0 Å². The SMILES string of the molecule is CCc1cc(OCCOC)c(F)cc1F. The molecule has 2 nitrogen and oxygen atoms in total. The smallest absolute Gasteiger partial charge is 0.167 e. The highest BCUT2D eigenvalue weighted by Crippen LogP contribution is 2.21. The van der Waals surface area contributed by atoms with Crippen LogP contribution in [0.2, 0.25) is 0 Å². The zero-order valence-corrected chi connectivity index (χ0v) is 8.85. The number of halogens is 2. The summed E-state index contributed by atoms with van der Waals surface area (Å²) in [5.74, 6) is -1.14. The summed E-state index contributed by atoms with van der Waals surface area (Å²) in [6.45, 7) is 2.43. The van der Waals surface area contributed by atoms with Crippen molar-refractivity contribution >= 4 is 0 Å². The molecule has 15 heavy (non-hydrogen) atoms. The van der Waals surface area contributed by atoms with Crippen LogP contribution >= 0.6 is 0 Å². The Morgan fingerprint density at radius 1 is 1.13 bits per heavy atom. The topological polar surface area (TPSA) is 18.5 Å². The number of benzene rings is 1. The first kappa shape index (κ1) is 11.9. The number of rotatable bonds is 5. The Morgan fingerprint density at radius 3 is 2.47 bits per heavy atom. The molecule has 0 saturated heterocycles.